The van der Waals surface area contributed by atoms with Crippen molar-refractivity contribution >= 4 is 11.8 Å². The molecular weight excluding hydrogens is 216 g/mol. The quantitative estimate of drug-likeness (QED) is 0.824. The Kier molecular flexibility index (Phi) is 2.92. The van der Waals surface area contributed by atoms with Crippen LogP contribution in [-0.4, -0.2) is 17.5 Å². The van der Waals surface area contributed by atoms with Gasteiger partial charge in [-0.1, -0.05) is 24.3 Å². The van der Waals surface area contributed by atoms with Crippen LogP contribution in [0.25, 0.3) is 0 Å². The normalized spacial score (nSPS) is 32.9. The fraction of sp³-hybridized carbons (Fsp3) is 0.538. The van der Waals surface area contributed by atoms with Crippen LogP contribution in [0.1, 0.15) is 36.1 Å². The molecule has 1 aromatic rings. The highest BCUT2D eigenvalue weighted by atomic mass is 32.2. The minimum absolute atomic E-state index is 0.225. The van der Waals surface area contributed by atoms with E-state index in [9.17, 15) is 0 Å². The van der Waals surface area contributed by atoms with Gasteiger partial charge >= 0.3 is 0 Å². The van der Waals surface area contributed by atoms with Gasteiger partial charge in [-0.3, -0.25) is 0 Å². The van der Waals surface area contributed by atoms with Crippen molar-refractivity contribution in [3.63, 3.8) is 0 Å². The van der Waals surface area contributed by atoms with Gasteiger partial charge in [-0.15, -0.1) is 0 Å². The van der Waals surface area contributed by atoms with E-state index in [2.05, 4.69) is 41.3 Å². The summed E-state index contributed by atoms with van der Waals surface area (Å²) in [5.41, 5.74) is 8.93. The first-order valence-corrected chi connectivity index (χ1v) is 7.18. The molecule has 1 fully saturated rings. The van der Waals surface area contributed by atoms with E-state index < -0.39 is 0 Å². The summed E-state index contributed by atoms with van der Waals surface area (Å²) in [5.74, 6) is 2.56. The maximum absolute atomic E-state index is 6.17. The second-order valence-corrected chi connectivity index (χ2v) is 5.90. The molecule has 3 rings (SSSR count). The van der Waals surface area contributed by atoms with Crippen LogP contribution >= 0.6 is 11.8 Å². The van der Waals surface area contributed by atoms with Crippen molar-refractivity contribution in [3.8, 4) is 0 Å². The van der Waals surface area contributed by atoms with Crippen LogP contribution in [0.2, 0.25) is 0 Å². The fourth-order valence-electron chi connectivity index (χ4n) is 2.78. The van der Waals surface area contributed by atoms with E-state index in [0.29, 0.717) is 12.1 Å². The first kappa shape index (κ1) is 10.6. The van der Waals surface area contributed by atoms with Gasteiger partial charge in [0.2, 0.25) is 0 Å². The maximum Gasteiger partial charge on any atom is 0.0344 e. The standard InChI is InChI=1S/C13H18N2S/c14-12-7-13(15-9-5-6-16-8-9)11-4-2-1-3-10(11)12/h1-4,9,12-13,15H,5-8,14H2. The number of hydrogen-bond donors (Lipinski definition) is 2. The Morgan fingerprint density at radius 3 is 2.81 bits per heavy atom. The molecule has 0 aromatic heterocycles. The maximum atomic E-state index is 6.17. The molecule has 0 radical (unpaired) electrons. The number of nitrogens with one attached hydrogen (secondary N) is 1. The highest BCUT2D eigenvalue weighted by molar-refractivity contribution is 7.99. The fourth-order valence-corrected chi connectivity index (χ4v) is 3.95. The third-order valence-electron chi connectivity index (χ3n) is 3.63. The van der Waals surface area contributed by atoms with Gasteiger partial charge in [0.05, 0.1) is 0 Å². The van der Waals surface area contributed by atoms with Gasteiger partial charge in [0.25, 0.3) is 0 Å². The van der Waals surface area contributed by atoms with Crippen molar-refractivity contribution in [3.05, 3.63) is 35.4 Å². The van der Waals surface area contributed by atoms with E-state index in [1.807, 2.05) is 0 Å². The van der Waals surface area contributed by atoms with Crippen LogP contribution in [-0.2, 0) is 0 Å². The van der Waals surface area contributed by atoms with Crippen molar-refractivity contribution in [2.45, 2.75) is 31.0 Å². The SMILES string of the molecule is NC1CC(NC2CCSC2)c2ccccc21. The smallest absolute Gasteiger partial charge is 0.0344 e. The molecule has 0 spiro atoms. The second-order valence-electron chi connectivity index (χ2n) is 4.75. The molecular formula is C13H18N2S. The molecule has 0 saturated carbocycles. The summed E-state index contributed by atoms with van der Waals surface area (Å²) in [5, 5.41) is 3.76. The molecule has 1 saturated heterocycles. The molecule has 86 valence electrons. The topological polar surface area (TPSA) is 38.0 Å². The predicted octanol–water partition coefficient (Wildman–Crippen LogP) is 2.23. The summed E-state index contributed by atoms with van der Waals surface area (Å²) >= 11 is 2.05. The van der Waals surface area contributed by atoms with E-state index in [1.165, 1.54) is 29.1 Å². The molecule has 3 atom stereocenters. The first-order chi connectivity index (χ1) is 7.84. The van der Waals surface area contributed by atoms with Crippen molar-refractivity contribution in [2.24, 2.45) is 5.73 Å². The molecule has 16 heavy (non-hydrogen) atoms. The van der Waals surface area contributed by atoms with Crippen molar-refractivity contribution in [1.82, 2.24) is 5.32 Å². The molecule has 3 N–H and O–H groups in total. The first-order valence-electron chi connectivity index (χ1n) is 6.03. The molecule has 1 aromatic carbocycles. The third-order valence-corrected chi connectivity index (χ3v) is 4.79. The lowest BCUT2D eigenvalue weighted by Gasteiger charge is -2.19. The van der Waals surface area contributed by atoms with Crippen molar-refractivity contribution in [1.29, 1.82) is 0 Å². The number of thioether (sulfide) groups is 1. The van der Waals surface area contributed by atoms with Crippen LogP contribution in [0.5, 0.6) is 0 Å². The number of rotatable bonds is 2. The number of hydrogen-bond acceptors (Lipinski definition) is 3. The molecule has 1 aliphatic carbocycles. The molecule has 2 aliphatic rings. The Morgan fingerprint density at radius 2 is 2.06 bits per heavy atom. The average Bonchev–Trinajstić information content (AvgIpc) is 2.90. The van der Waals surface area contributed by atoms with Crippen LogP contribution in [0, 0.1) is 0 Å². The lowest BCUT2D eigenvalue weighted by Crippen LogP contribution is -2.31. The van der Waals surface area contributed by atoms with Crippen LogP contribution in [0.4, 0.5) is 0 Å². The van der Waals surface area contributed by atoms with Gasteiger partial charge in [0.1, 0.15) is 0 Å². The van der Waals surface area contributed by atoms with E-state index >= 15 is 0 Å². The lowest BCUT2D eigenvalue weighted by molar-refractivity contribution is 0.441. The zero-order valence-corrected chi connectivity index (χ0v) is 10.2. The summed E-state index contributed by atoms with van der Waals surface area (Å²) in [7, 11) is 0. The number of nitrogens with two attached hydrogens (primary N) is 1. The Hall–Kier alpha value is -0.510. The van der Waals surface area contributed by atoms with Crippen molar-refractivity contribution in [2.75, 3.05) is 11.5 Å². The third kappa shape index (κ3) is 1.88. The Labute approximate surface area is 101 Å². The molecule has 0 bridgehead atoms. The summed E-state index contributed by atoms with van der Waals surface area (Å²) in [4.78, 5) is 0. The highest BCUT2D eigenvalue weighted by Crippen LogP contribution is 2.37. The van der Waals surface area contributed by atoms with E-state index in [4.69, 9.17) is 5.73 Å². The van der Waals surface area contributed by atoms with Crippen LogP contribution in [0.3, 0.4) is 0 Å². The molecule has 1 heterocycles. The second kappa shape index (κ2) is 4.40. The minimum atomic E-state index is 0.225. The largest absolute Gasteiger partial charge is 0.324 e. The zero-order chi connectivity index (χ0) is 11.0. The summed E-state index contributed by atoms with van der Waals surface area (Å²) in [6.07, 6.45) is 2.36. The summed E-state index contributed by atoms with van der Waals surface area (Å²) in [6.45, 7) is 0. The van der Waals surface area contributed by atoms with Gasteiger partial charge in [-0.05, 0) is 29.7 Å². The number of benzene rings is 1. The Morgan fingerprint density at radius 1 is 1.25 bits per heavy atom. The van der Waals surface area contributed by atoms with E-state index in [-0.39, 0.29) is 6.04 Å². The molecule has 1 aliphatic heterocycles. The average molecular weight is 234 g/mol. The van der Waals surface area contributed by atoms with Gasteiger partial charge in [0, 0.05) is 23.9 Å². The highest BCUT2D eigenvalue weighted by Gasteiger charge is 2.30. The van der Waals surface area contributed by atoms with Gasteiger partial charge < -0.3 is 11.1 Å². The zero-order valence-electron chi connectivity index (χ0n) is 9.36. The van der Waals surface area contributed by atoms with Gasteiger partial charge in [0.15, 0.2) is 0 Å². The molecule has 3 unspecified atom stereocenters. The van der Waals surface area contributed by atoms with Gasteiger partial charge in [-0.2, -0.15) is 11.8 Å². The van der Waals surface area contributed by atoms with Gasteiger partial charge in [-0.25, -0.2) is 0 Å². The van der Waals surface area contributed by atoms with Crippen LogP contribution in [0.15, 0.2) is 24.3 Å². The molecule has 2 nitrogen and oxygen atoms in total. The lowest BCUT2D eigenvalue weighted by atomic mass is 10.1. The minimum Gasteiger partial charge on any atom is -0.324 e. The Balaban J connectivity index is 1.77. The summed E-state index contributed by atoms with van der Waals surface area (Å²) in [6, 6.07) is 10.0. The predicted molar refractivity (Wildman–Crippen MR) is 69.6 cm³/mol. The van der Waals surface area contributed by atoms with E-state index in [1.54, 1.807) is 0 Å². The van der Waals surface area contributed by atoms with E-state index in [0.717, 1.165) is 6.42 Å². The molecule has 3 heteroatoms. The Bertz CT molecular complexity index is 374. The summed E-state index contributed by atoms with van der Waals surface area (Å²) < 4.78 is 0. The number of fused-ring (bicyclic) bond motifs is 1. The van der Waals surface area contributed by atoms with Crippen LogP contribution < -0.4 is 11.1 Å². The monoisotopic (exact) mass is 234 g/mol. The van der Waals surface area contributed by atoms with Crippen molar-refractivity contribution < 1.29 is 0 Å². The molecule has 0 amide bonds.